The molecule has 0 aliphatic carbocycles. The molecule has 2 nitrogen and oxygen atoms in total. The van der Waals surface area contributed by atoms with Crippen molar-refractivity contribution in [3.8, 4) is 5.75 Å². The molecular formula is C14H21BrClNO. The molecule has 0 amide bonds. The van der Waals surface area contributed by atoms with Crippen LogP contribution >= 0.6 is 27.5 Å². The molecule has 1 rings (SSSR count). The van der Waals surface area contributed by atoms with Gasteiger partial charge in [0.05, 0.1) is 0 Å². The first-order valence-corrected chi connectivity index (χ1v) is 7.68. The zero-order valence-corrected chi connectivity index (χ0v) is 13.2. The topological polar surface area (TPSA) is 12.5 Å². The summed E-state index contributed by atoms with van der Waals surface area (Å²) in [6.45, 7) is 2.79. The molecule has 1 aromatic carbocycles. The number of hydrogen-bond donors (Lipinski definition) is 0. The van der Waals surface area contributed by atoms with Crippen molar-refractivity contribution in [3.63, 3.8) is 0 Å². The Morgan fingerprint density at radius 1 is 1.22 bits per heavy atom. The summed E-state index contributed by atoms with van der Waals surface area (Å²) in [4.78, 5) is 2.30. The number of halogens is 2. The number of hydrogen-bond acceptors (Lipinski definition) is 2. The van der Waals surface area contributed by atoms with Crippen molar-refractivity contribution in [1.82, 2.24) is 4.90 Å². The van der Waals surface area contributed by atoms with Gasteiger partial charge in [-0.1, -0.05) is 28.4 Å². The molecular weight excluding hydrogens is 314 g/mol. The summed E-state index contributed by atoms with van der Waals surface area (Å²) in [6.07, 6.45) is 3.53. The van der Waals surface area contributed by atoms with Crippen molar-refractivity contribution < 1.29 is 4.74 Å². The van der Waals surface area contributed by atoms with Gasteiger partial charge in [0.1, 0.15) is 12.4 Å². The average Bonchev–Trinajstić information content (AvgIpc) is 2.35. The normalized spacial score (nSPS) is 10.9. The third-order valence-corrected chi connectivity index (χ3v) is 3.47. The molecule has 0 radical (unpaired) electrons. The Morgan fingerprint density at radius 2 is 2.06 bits per heavy atom. The van der Waals surface area contributed by atoms with Crippen LogP contribution in [-0.2, 0) is 0 Å². The monoisotopic (exact) mass is 333 g/mol. The third-order valence-electron chi connectivity index (χ3n) is 2.71. The molecule has 0 bridgehead atoms. The Balaban J connectivity index is 2.09. The number of likely N-dealkylation sites (N-methyl/N-ethyl adjacent to an activating group) is 1. The van der Waals surface area contributed by atoms with Crippen LogP contribution in [0.2, 0.25) is 0 Å². The maximum atomic E-state index is 5.69. The van der Waals surface area contributed by atoms with Gasteiger partial charge in [0, 0.05) is 16.9 Å². The molecule has 0 saturated carbocycles. The van der Waals surface area contributed by atoms with Crippen LogP contribution in [-0.4, -0.2) is 37.5 Å². The quantitative estimate of drug-likeness (QED) is 0.496. The summed E-state index contributed by atoms with van der Waals surface area (Å²) < 4.78 is 6.74. The van der Waals surface area contributed by atoms with E-state index < -0.39 is 0 Å². The van der Waals surface area contributed by atoms with Crippen LogP contribution in [0.25, 0.3) is 0 Å². The van der Waals surface area contributed by atoms with E-state index in [9.17, 15) is 0 Å². The summed E-state index contributed by atoms with van der Waals surface area (Å²) in [5.74, 6) is 1.69. The number of alkyl halides is 1. The van der Waals surface area contributed by atoms with Gasteiger partial charge in [0.15, 0.2) is 0 Å². The molecule has 0 aliphatic rings. The van der Waals surface area contributed by atoms with Crippen LogP contribution in [0.3, 0.4) is 0 Å². The fourth-order valence-electron chi connectivity index (χ4n) is 1.64. The first-order chi connectivity index (χ1) is 8.72. The SMILES string of the molecule is CN(CCCCCCl)CCOc1cccc(Br)c1. The average molecular weight is 335 g/mol. The first-order valence-electron chi connectivity index (χ1n) is 6.35. The van der Waals surface area contributed by atoms with Gasteiger partial charge >= 0.3 is 0 Å². The molecule has 1 aromatic rings. The zero-order valence-electron chi connectivity index (χ0n) is 10.9. The second-order valence-corrected chi connectivity index (χ2v) is 5.65. The van der Waals surface area contributed by atoms with Gasteiger partial charge in [-0.05, 0) is 44.6 Å². The summed E-state index contributed by atoms with van der Waals surface area (Å²) in [5, 5.41) is 0. The molecule has 0 aliphatic heterocycles. The van der Waals surface area contributed by atoms with E-state index in [1.165, 1.54) is 12.8 Å². The predicted molar refractivity (Wildman–Crippen MR) is 81.7 cm³/mol. The van der Waals surface area contributed by atoms with Crippen molar-refractivity contribution in [3.05, 3.63) is 28.7 Å². The second-order valence-electron chi connectivity index (χ2n) is 4.36. The highest BCUT2D eigenvalue weighted by Gasteiger charge is 1.99. The van der Waals surface area contributed by atoms with Crippen molar-refractivity contribution >= 4 is 27.5 Å². The standard InChI is InChI=1S/C14H21BrClNO/c1-17(9-4-2-3-8-16)10-11-18-14-7-5-6-13(15)12-14/h5-7,12H,2-4,8-11H2,1H3. The highest BCUT2D eigenvalue weighted by Crippen LogP contribution is 2.17. The molecule has 0 spiro atoms. The molecule has 0 atom stereocenters. The first kappa shape index (κ1) is 15.8. The maximum absolute atomic E-state index is 5.69. The van der Waals surface area contributed by atoms with Gasteiger partial charge in [0.25, 0.3) is 0 Å². The summed E-state index contributed by atoms with van der Waals surface area (Å²) in [5.41, 5.74) is 0. The maximum Gasteiger partial charge on any atom is 0.120 e. The van der Waals surface area contributed by atoms with Crippen molar-refractivity contribution in [2.24, 2.45) is 0 Å². The fourth-order valence-corrected chi connectivity index (χ4v) is 2.21. The highest BCUT2D eigenvalue weighted by atomic mass is 79.9. The van der Waals surface area contributed by atoms with Crippen LogP contribution in [0.15, 0.2) is 28.7 Å². The van der Waals surface area contributed by atoms with E-state index in [2.05, 4.69) is 27.9 Å². The van der Waals surface area contributed by atoms with Gasteiger partial charge in [-0.3, -0.25) is 0 Å². The van der Waals surface area contributed by atoms with Crippen LogP contribution in [0.1, 0.15) is 19.3 Å². The van der Waals surface area contributed by atoms with Gasteiger partial charge < -0.3 is 9.64 Å². The lowest BCUT2D eigenvalue weighted by Crippen LogP contribution is -2.25. The van der Waals surface area contributed by atoms with E-state index >= 15 is 0 Å². The van der Waals surface area contributed by atoms with Crippen molar-refractivity contribution in [1.29, 1.82) is 0 Å². The van der Waals surface area contributed by atoms with E-state index in [0.717, 1.165) is 42.2 Å². The number of unbranched alkanes of at least 4 members (excludes halogenated alkanes) is 2. The van der Waals surface area contributed by atoms with Crippen molar-refractivity contribution in [2.75, 3.05) is 32.6 Å². The fraction of sp³-hybridized carbons (Fsp3) is 0.571. The highest BCUT2D eigenvalue weighted by molar-refractivity contribution is 9.10. The summed E-state index contributed by atoms with van der Waals surface area (Å²) >= 11 is 9.07. The largest absolute Gasteiger partial charge is 0.492 e. The lowest BCUT2D eigenvalue weighted by atomic mass is 10.2. The van der Waals surface area contributed by atoms with Crippen molar-refractivity contribution in [2.45, 2.75) is 19.3 Å². The molecule has 4 heteroatoms. The van der Waals surface area contributed by atoms with Crippen LogP contribution in [0.5, 0.6) is 5.75 Å². The third kappa shape index (κ3) is 7.24. The van der Waals surface area contributed by atoms with Crippen LogP contribution in [0, 0.1) is 0 Å². The molecule has 0 fully saturated rings. The van der Waals surface area contributed by atoms with Gasteiger partial charge in [-0.2, -0.15) is 0 Å². The lowest BCUT2D eigenvalue weighted by molar-refractivity contribution is 0.235. The van der Waals surface area contributed by atoms with E-state index in [-0.39, 0.29) is 0 Å². The molecule has 0 saturated heterocycles. The molecule has 102 valence electrons. The van der Waals surface area contributed by atoms with E-state index in [0.29, 0.717) is 0 Å². The Morgan fingerprint density at radius 3 is 2.78 bits per heavy atom. The number of rotatable bonds is 9. The van der Waals surface area contributed by atoms with E-state index in [1.807, 2.05) is 24.3 Å². The lowest BCUT2D eigenvalue weighted by Gasteiger charge is -2.16. The number of benzene rings is 1. The molecule has 0 N–H and O–H groups in total. The van der Waals surface area contributed by atoms with Gasteiger partial charge in [0.2, 0.25) is 0 Å². The smallest absolute Gasteiger partial charge is 0.120 e. The zero-order chi connectivity index (χ0) is 13.2. The van der Waals surface area contributed by atoms with Gasteiger partial charge in [-0.15, -0.1) is 11.6 Å². The Labute approximate surface area is 123 Å². The Kier molecular flexibility index (Phi) is 8.47. The molecule has 0 unspecified atom stereocenters. The van der Waals surface area contributed by atoms with Crippen LogP contribution < -0.4 is 4.74 Å². The molecule has 0 aromatic heterocycles. The summed E-state index contributed by atoms with van der Waals surface area (Å²) in [7, 11) is 2.13. The Bertz CT molecular complexity index is 335. The molecule has 18 heavy (non-hydrogen) atoms. The van der Waals surface area contributed by atoms with E-state index in [4.69, 9.17) is 16.3 Å². The number of nitrogens with zero attached hydrogens (tertiary/aromatic N) is 1. The predicted octanol–water partition coefficient (Wildman–Crippen LogP) is 4.17. The minimum Gasteiger partial charge on any atom is -0.492 e. The van der Waals surface area contributed by atoms with E-state index in [1.54, 1.807) is 0 Å². The van der Waals surface area contributed by atoms with Crippen LogP contribution in [0.4, 0.5) is 0 Å². The Hall–Kier alpha value is -0.250. The van der Waals surface area contributed by atoms with Gasteiger partial charge in [-0.25, -0.2) is 0 Å². The summed E-state index contributed by atoms with van der Waals surface area (Å²) in [6, 6.07) is 7.94. The minimum absolute atomic E-state index is 0.725. The minimum atomic E-state index is 0.725. The molecule has 0 heterocycles. The number of ether oxygens (including phenoxy) is 1. The second kappa shape index (κ2) is 9.65.